The zero-order valence-corrected chi connectivity index (χ0v) is 9.25. The van der Waals surface area contributed by atoms with E-state index in [-0.39, 0.29) is 5.97 Å². The number of carbonyl (C=O) groups is 1. The molecule has 84 valence electrons. The van der Waals surface area contributed by atoms with Crippen molar-refractivity contribution in [2.75, 3.05) is 0 Å². The van der Waals surface area contributed by atoms with Crippen molar-refractivity contribution in [3.05, 3.63) is 42.2 Å². The lowest BCUT2D eigenvalue weighted by molar-refractivity contribution is -0.135. The molecule has 1 atom stereocenters. The van der Waals surface area contributed by atoms with Gasteiger partial charge in [-0.15, -0.1) is 0 Å². The van der Waals surface area contributed by atoms with Gasteiger partial charge in [-0.1, -0.05) is 24.3 Å². The summed E-state index contributed by atoms with van der Waals surface area (Å²) in [5.74, 6) is 0.0427. The van der Waals surface area contributed by atoms with Crippen molar-refractivity contribution in [3.63, 3.8) is 0 Å². The van der Waals surface area contributed by atoms with Crippen LogP contribution in [0.1, 0.15) is 18.7 Å². The van der Waals surface area contributed by atoms with Gasteiger partial charge in [-0.05, 0) is 11.5 Å². The molecule has 4 nitrogen and oxygen atoms in total. The van der Waals surface area contributed by atoms with E-state index in [2.05, 4.69) is 9.98 Å². The second-order valence-electron chi connectivity index (χ2n) is 3.89. The molecule has 1 aromatic carbocycles. The van der Waals surface area contributed by atoms with Crippen LogP contribution in [0.4, 0.5) is 0 Å². The Morgan fingerprint density at radius 2 is 2.06 bits per heavy atom. The normalized spacial score (nSPS) is 19.2. The molecule has 0 aliphatic carbocycles. The Labute approximate surface area is 98.0 Å². The van der Waals surface area contributed by atoms with Gasteiger partial charge >= 0.3 is 5.97 Å². The molecular formula is C13H10N2O2. The van der Waals surface area contributed by atoms with Crippen molar-refractivity contribution in [3.8, 4) is 0 Å². The van der Waals surface area contributed by atoms with Crippen molar-refractivity contribution in [2.24, 2.45) is 4.99 Å². The van der Waals surface area contributed by atoms with Crippen LogP contribution in [0.25, 0.3) is 10.8 Å². The Morgan fingerprint density at radius 3 is 2.82 bits per heavy atom. The molecule has 2 aromatic rings. The first-order valence-corrected chi connectivity index (χ1v) is 5.35. The van der Waals surface area contributed by atoms with E-state index in [1.54, 1.807) is 13.1 Å². The fraction of sp³-hybridized carbons (Fsp3) is 0.154. The third-order valence-electron chi connectivity index (χ3n) is 2.75. The van der Waals surface area contributed by atoms with Gasteiger partial charge in [-0.3, -0.25) is 4.98 Å². The molecule has 0 amide bonds. The first-order chi connectivity index (χ1) is 8.25. The number of nitrogens with zero attached hydrogens (tertiary/aromatic N) is 2. The molecule has 0 N–H and O–H groups in total. The van der Waals surface area contributed by atoms with E-state index in [4.69, 9.17) is 4.74 Å². The molecule has 1 aromatic heterocycles. The van der Waals surface area contributed by atoms with E-state index in [0.717, 1.165) is 10.8 Å². The number of hydrogen-bond acceptors (Lipinski definition) is 4. The lowest BCUT2D eigenvalue weighted by Gasteiger charge is -2.06. The van der Waals surface area contributed by atoms with Gasteiger partial charge in [0.05, 0.1) is 5.69 Å². The number of aromatic nitrogens is 1. The summed E-state index contributed by atoms with van der Waals surface area (Å²) in [5, 5.41) is 1.99. The van der Waals surface area contributed by atoms with Crippen LogP contribution in [0.15, 0.2) is 41.5 Å². The molecule has 1 unspecified atom stereocenters. The maximum atomic E-state index is 11.7. The third-order valence-corrected chi connectivity index (χ3v) is 2.75. The highest BCUT2D eigenvalue weighted by Crippen LogP contribution is 2.28. The summed E-state index contributed by atoms with van der Waals surface area (Å²) in [4.78, 5) is 20.1. The maximum absolute atomic E-state index is 11.7. The van der Waals surface area contributed by atoms with Gasteiger partial charge in [0.25, 0.3) is 0 Å². The molecular weight excluding hydrogens is 216 g/mol. The summed E-state index contributed by atoms with van der Waals surface area (Å²) in [5.41, 5.74) is 0.657. The number of esters is 1. The predicted octanol–water partition coefficient (Wildman–Crippen LogP) is 2.25. The summed E-state index contributed by atoms with van der Waals surface area (Å²) >= 11 is 0. The highest BCUT2D eigenvalue weighted by Gasteiger charge is 2.30. The monoisotopic (exact) mass is 226 g/mol. The summed E-state index contributed by atoms with van der Waals surface area (Å²) < 4.78 is 4.95. The van der Waals surface area contributed by atoms with Crippen LogP contribution in [0.3, 0.4) is 0 Å². The van der Waals surface area contributed by atoms with Crippen LogP contribution in [-0.2, 0) is 9.53 Å². The standard InChI is InChI=1S/C13H10N2O2/c1-8-15-12(13(16)17-8)11-10-5-3-2-4-9(10)6-7-14-11/h2-7,12H,1H3. The molecule has 0 saturated carbocycles. The van der Waals surface area contributed by atoms with E-state index in [1.807, 2.05) is 30.3 Å². The Balaban J connectivity index is 2.21. The van der Waals surface area contributed by atoms with Gasteiger partial charge in [-0.2, -0.15) is 0 Å². The minimum Gasteiger partial charge on any atom is -0.410 e. The summed E-state index contributed by atoms with van der Waals surface area (Å²) in [6, 6.07) is 9.08. The topological polar surface area (TPSA) is 51.5 Å². The molecule has 1 aliphatic heterocycles. The molecule has 2 heterocycles. The number of carbonyl (C=O) groups excluding carboxylic acids is 1. The molecule has 0 spiro atoms. The highest BCUT2D eigenvalue weighted by atomic mass is 16.6. The number of pyridine rings is 1. The second kappa shape index (κ2) is 3.66. The number of rotatable bonds is 1. The maximum Gasteiger partial charge on any atom is 0.343 e. The Hall–Kier alpha value is -2.23. The van der Waals surface area contributed by atoms with E-state index >= 15 is 0 Å². The molecule has 3 rings (SSSR count). The van der Waals surface area contributed by atoms with E-state index in [9.17, 15) is 4.79 Å². The number of aliphatic imine (C=N–C) groups is 1. The van der Waals surface area contributed by atoms with Gasteiger partial charge in [-0.25, -0.2) is 9.79 Å². The summed E-state index contributed by atoms with van der Waals surface area (Å²) in [6.07, 6.45) is 1.69. The van der Waals surface area contributed by atoms with Crippen molar-refractivity contribution in [1.29, 1.82) is 0 Å². The van der Waals surface area contributed by atoms with E-state index in [0.29, 0.717) is 11.6 Å². The third kappa shape index (κ3) is 1.58. The van der Waals surface area contributed by atoms with Crippen LogP contribution in [-0.4, -0.2) is 16.9 Å². The Kier molecular flexibility index (Phi) is 2.14. The minimum atomic E-state index is -0.624. The molecule has 0 saturated heterocycles. The molecule has 4 heteroatoms. The van der Waals surface area contributed by atoms with Gasteiger partial charge in [0.15, 0.2) is 11.9 Å². The predicted molar refractivity (Wildman–Crippen MR) is 63.7 cm³/mol. The van der Waals surface area contributed by atoms with Gasteiger partial charge < -0.3 is 4.74 Å². The largest absolute Gasteiger partial charge is 0.410 e. The lowest BCUT2D eigenvalue weighted by atomic mass is 10.1. The van der Waals surface area contributed by atoms with E-state index < -0.39 is 6.04 Å². The first kappa shape index (κ1) is 9.96. The zero-order chi connectivity index (χ0) is 11.8. The average Bonchev–Trinajstić information content (AvgIpc) is 2.68. The second-order valence-corrected chi connectivity index (χ2v) is 3.89. The van der Waals surface area contributed by atoms with Crippen LogP contribution >= 0.6 is 0 Å². The number of benzene rings is 1. The van der Waals surface area contributed by atoms with Crippen LogP contribution < -0.4 is 0 Å². The van der Waals surface area contributed by atoms with E-state index in [1.165, 1.54) is 0 Å². The van der Waals surface area contributed by atoms with Crippen LogP contribution in [0.2, 0.25) is 0 Å². The molecule has 1 aliphatic rings. The molecule has 17 heavy (non-hydrogen) atoms. The van der Waals surface area contributed by atoms with Crippen molar-refractivity contribution in [1.82, 2.24) is 4.98 Å². The fourth-order valence-electron chi connectivity index (χ4n) is 2.00. The first-order valence-electron chi connectivity index (χ1n) is 5.35. The number of fused-ring (bicyclic) bond motifs is 1. The lowest BCUT2D eigenvalue weighted by Crippen LogP contribution is -2.09. The van der Waals surface area contributed by atoms with Crippen LogP contribution in [0, 0.1) is 0 Å². The van der Waals surface area contributed by atoms with Crippen LogP contribution in [0.5, 0.6) is 0 Å². The van der Waals surface area contributed by atoms with Gasteiger partial charge in [0, 0.05) is 18.5 Å². The van der Waals surface area contributed by atoms with Crippen molar-refractivity contribution in [2.45, 2.75) is 13.0 Å². The quantitative estimate of drug-likeness (QED) is 0.701. The fourth-order valence-corrected chi connectivity index (χ4v) is 2.00. The smallest absolute Gasteiger partial charge is 0.343 e. The zero-order valence-electron chi connectivity index (χ0n) is 9.25. The Bertz CT molecular complexity index is 629. The number of hydrogen-bond donors (Lipinski definition) is 0. The minimum absolute atomic E-state index is 0.355. The summed E-state index contributed by atoms with van der Waals surface area (Å²) in [7, 11) is 0. The van der Waals surface area contributed by atoms with Crippen molar-refractivity contribution >= 4 is 22.6 Å². The summed E-state index contributed by atoms with van der Waals surface area (Å²) in [6.45, 7) is 1.67. The van der Waals surface area contributed by atoms with Crippen molar-refractivity contribution < 1.29 is 9.53 Å². The van der Waals surface area contributed by atoms with Gasteiger partial charge in [0.2, 0.25) is 0 Å². The SMILES string of the molecule is CC1=NC(c2nccc3ccccc23)C(=O)O1. The highest BCUT2D eigenvalue weighted by molar-refractivity contribution is 5.99. The molecule has 0 fully saturated rings. The molecule has 0 bridgehead atoms. The number of cyclic esters (lactones) is 1. The average molecular weight is 226 g/mol. The number of ether oxygens (including phenoxy) is 1. The molecule has 0 radical (unpaired) electrons. The Morgan fingerprint density at radius 1 is 1.24 bits per heavy atom. The van der Waals surface area contributed by atoms with Gasteiger partial charge in [0.1, 0.15) is 0 Å².